The molecule has 1 heterocycles. The van der Waals surface area contributed by atoms with Gasteiger partial charge in [-0.15, -0.1) is 0 Å². The van der Waals surface area contributed by atoms with Crippen molar-refractivity contribution in [3.8, 4) is 11.5 Å². The number of nitrogens with one attached hydrogen (secondary N) is 2. The van der Waals surface area contributed by atoms with Crippen LogP contribution >= 0.6 is 0 Å². The third-order valence-corrected chi connectivity index (χ3v) is 7.32. The summed E-state index contributed by atoms with van der Waals surface area (Å²) in [5.41, 5.74) is 2.18. The lowest BCUT2D eigenvalue weighted by Gasteiger charge is -2.31. The van der Waals surface area contributed by atoms with E-state index < -0.39 is 10.0 Å². The fourth-order valence-corrected chi connectivity index (χ4v) is 5.09. The summed E-state index contributed by atoms with van der Waals surface area (Å²) >= 11 is 0. The lowest BCUT2D eigenvalue weighted by Crippen LogP contribution is -2.37. The Morgan fingerprint density at radius 3 is 2.46 bits per heavy atom. The van der Waals surface area contributed by atoms with Gasteiger partial charge in [-0.2, -0.15) is 0 Å². The molecule has 3 aromatic rings. The van der Waals surface area contributed by atoms with Crippen molar-refractivity contribution in [2.45, 2.75) is 18.4 Å². The van der Waals surface area contributed by atoms with Crippen LogP contribution in [0.1, 0.15) is 22.8 Å². The first kappa shape index (κ1) is 26.3. The van der Waals surface area contributed by atoms with Gasteiger partial charge < -0.3 is 24.4 Å². The van der Waals surface area contributed by atoms with E-state index in [0.29, 0.717) is 61.3 Å². The first-order valence-electron chi connectivity index (χ1n) is 12.0. The maximum Gasteiger partial charge on any atom is 0.261 e. The van der Waals surface area contributed by atoms with E-state index in [0.717, 1.165) is 5.56 Å². The molecule has 1 aliphatic heterocycles. The first-order chi connectivity index (χ1) is 17.9. The Hall–Kier alpha value is -3.76. The number of methoxy groups -OCH3 is 1. The molecule has 10 heteroatoms. The van der Waals surface area contributed by atoms with Gasteiger partial charge in [0.25, 0.3) is 15.9 Å². The van der Waals surface area contributed by atoms with Crippen molar-refractivity contribution >= 4 is 27.3 Å². The number of hydrogen-bond acceptors (Lipinski definition) is 7. The highest BCUT2D eigenvalue weighted by atomic mass is 32.2. The highest BCUT2D eigenvalue weighted by Crippen LogP contribution is 2.31. The molecule has 0 saturated carbocycles. The number of morpholine rings is 1. The third-order valence-electron chi connectivity index (χ3n) is 5.94. The molecule has 1 amide bonds. The Balaban J connectivity index is 1.59. The molecule has 0 radical (unpaired) electrons. The van der Waals surface area contributed by atoms with Crippen molar-refractivity contribution in [1.82, 2.24) is 5.32 Å². The molecule has 0 atom stereocenters. The van der Waals surface area contributed by atoms with Crippen LogP contribution in [0.4, 0.5) is 11.4 Å². The second-order valence-electron chi connectivity index (χ2n) is 8.34. The predicted octanol–water partition coefficient (Wildman–Crippen LogP) is 3.66. The number of anilines is 2. The topological polar surface area (TPSA) is 106 Å². The van der Waals surface area contributed by atoms with E-state index in [4.69, 9.17) is 14.2 Å². The Labute approximate surface area is 217 Å². The molecule has 0 aliphatic carbocycles. The van der Waals surface area contributed by atoms with Crippen LogP contribution in [-0.2, 0) is 21.3 Å². The zero-order valence-corrected chi connectivity index (χ0v) is 21.7. The second-order valence-corrected chi connectivity index (χ2v) is 10.0. The fraction of sp³-hybridized carbons (Fsp3) is 0.296. The molecule has 4 rings (SSSR count). The van der Waals surface area contributed by atoms with E-state index in [9.17, 15) is 13.2 Å². The zero-order valence-electron chi connectivity index (χ0n) is 20.9. The minimum atomic E-state index is -3.92. The summed E-state index contributed by atoms with van der Waals surface area (Å²) in [5, 5.41) is 2.90. The average molecular weight is 526 g/mol. The van der Waals surface area contributed by atoms with Gasteiger partial charge in [0, 0.05) is 30.8 Å². The standard InChI is InChI=1S/C27H31N3O6S/c1-3-36-26-7-5-4-6-21(26)19-28-27(31)20-8-13-25(30-14-16-35-17-15-30)24(18-20)29-37(32,33)23-11-9-22(34-2)10-12-23/h4-13,18,29H,3,14-17,19H2,1-2H3,(H,28,31). The third kappa shape index (κ3) is 6.52. The monoisotopic (exact) mass is 525 g/mol. The Bertz CT molecular complexity index is 1320. The van der Waals surface area contributed by atoms with Gasteiger partial charge in [0.2, 0.25) is 0 Å². The summed E-state index contributed by atoms with van der Waals surface area (Å²) in [6.45, 7) is 4.98. The molecule has 0 spiro atoms. The van der Waals surface area contributed by atoms with Crippen molar-refractivity contribution in [2.24, 2.45) is 0 Å². The normalized spacial score (nSPS) is 13.6. The lowest BCUT2D eigenvalue weighted by atomic mass is 10.1. The lowest BCUT2D eigenvalue weighted by molar-refractivity contribution is 0.0950. The minimum Gasteiger partial charge on any atom is -0.497 e. The smallest absolute Gasteiger partial charge is 0.261 e. The SMILES string of the molecule is CCOc1ccccc1CNC(=O)c1ccc(N2CCOCC2)c(NS(=O)(=O)c2ccc(OC)cc2)c1. The van der Waals surface area contributed by atoms with Crippen LogP contribution in [0.15, 0.2) is 71.6 Å². The van der Waals surface area contributed by atoms with Crippen molar-refractivity contribution < 1.29 is 27.4 Å². The molecule has 0 bridgehead atoms. The summed E-state index contributed by atoms with van der Waals surface area (Å²) in [6.07, 6.45) is 0. The van der Waals surface area contributed by atoms with Crippen molar-refractivity contribution in [2.75, 3.05) is 49.6 Å². The summed E-state index contributed by atoms with van der Waals surface area (Å²) < 4.78 is 45.3. The number of carbonyl (C=O) groups is 1. The van der Waals surface area contributed by atoms with Gasteiger partial charge >= 0.3 is 0 Å². The zero-order chi connectivity index (χ0) is 26.3. The van der Waals surface area contributed by atoms with Gasteiger partial charge in [-0.05, 0) is 55.5 Å². The number of para-hydroxylation sites is 1. The van der Waals surface area contributed by atoms with Gasteiger partial charge in [-0.3, -0.25) is 9.52 Å². The van der Waals surface area contributed by atoms with E-state index in [1.807, 2.05) is 36.1 Å². The fourth-order valence-electron chi connectivity index (χ4n) is 4.02. The van der Waals surface area contributed by atoms with Crippen LogP contribution in [0.25, 0.3) is 0 Å². The number of sulfonamides is 1. The van der Waals surface area contributed by atoms with Crippen LogP contribution in [0.2, 0.25) is 0 Å². The maximum atomic E-state index is 13.2. The number of ether oxygens (including phenoxy) is 3. The summed E-state index contributed by atoms with van der Waals surface area (Å²) in [7, 11) is -2.40. The van der Waals surface area contributed by atoms with Gasteiger partial charge in [-0.25, -0.2) is 8.42 Å². The van der Waals surface area contributed by atoms with Crippen molar-refractivity contribution in [1.29, 1.82) is 0 Å². The van der Waals surface area contributed by atoms with Gasteiger partial charge in [0.1, 0.15) is 11.5 Å². The minimum absolute atomic E-state index is 0.0867. The molecule has 1 aliphatic rings. The van der Waals surface area contributed by atoms with Crippen molar-refractivity contribution in [3.05, 3.63) is 77.9 Å². The number of rotatable bonds is 10. The summed E-state index contributed by atoms with van der Waals surface area (Å²) in [6, 6.07) is 18.6. The predicted molar refractivity (Wildman–Crippen MR) is 142 cm³/mol. The quantitative estimate of drug-likeness (QED) is 0.416. The molecule has 3 aromatic carbocycles. The van der Waals surface area contributed by atoms with Gasteiger partial charge in [0.05, 0.1) is 43.2 Å². The Morgan fingerprint density at radius 2 is 1.76 bits per heavy atom. The highest BCUT2D eigenvalue weighted by Gasteiger charge is 2.22. The van der Waals surface area contributed by atoms with Crippen LogP contribution in [0, 0.1) is 0 Å². The molecule has 1 fully saturated rings. The Kier molecular flexibility index (Phi) is 8.52. The molecule has 37 heavy (non-hydrogen) atoms. The van der Waals surface area contributed by atoms with Crippen LogP contribution in [0.3, 0.4) is 0 Å². The molecule has 0 unspecified atom stereocenters. The molecule has 9 nitrogen and oxygen atoms in total. The van der Waals surface area contributed by atoms with Crippen LogP contribution in [-0.4, -0.2) is 54.3 Å². The van der Waals surface area contributed by atoms with E-state index in [1.54, 1.807) is 30.3 Å². The number of hydrogen-bond donors (Lipinski definition) is 2. The average Bonchev–Trinajstić information content (AvgIpc) is 2.93. The van der Waals surface area contributed by atoms with Gasteiger partial charge in [0.15, 0.2) is 0 Å². The van der Waals surface area contributed by atoms with E-state index >= 15 is 0 Å². The molecule has 196 valence electrons. The molecular formula is C27H31N3O6S. The number of carbonyl (C=O) groups excluding carboxylic acids is 1. The van der Waals surface area contributed by atoms with Gasteiger partial charge in [-0.1, -0.05) is 18.2 Å². The van der Waals surface area contributed by atoms with Crippen LogP contribution in [0.5, 0.6) is 11.5 Å². The molecule has 2 N–H and O–H groups in total. The van der Waals surface area contributed by atoms with Crippen LogP contribution < -0.4 is 24.4 Å². The highest BCUT2D eigenvalue weighted by molar-refractivity contribution is 7.92. The molecule has 1 saturated heterocycles. The van der Waals surface area contributed by atoms with Crippen molar-refractivity contribution in [3.63, 3.8) is 0 Å². The largest absolute Gasteiger partial charge is 0.497 e. The maximum absolute atomic E-state index is 13.2. The van der Waals surface area contributed by atoms with E-state index in [1.165, 1.54) is 19.2 Å². The number of benzene rings is 3. The number of amides is 1. The first-order valence-corrected chi connectivity index (χ1v) is 13.5. The Morgan fingerprint density at radius 1 is 1.03 bits per heavy atom. The summed E-state index contributed by atoms with van der Waals surface area (Å²) in [4.78, 5) is 15.2. The van der Waals surface area contributed by atoms with E-state index in [-0.39, 0.29) is 17.3 Å². The van der Waals surface area contributed by atoms with E-state index in [2.05, 4.69) is 10.0 Å². The summed E-state index contributed by atoms with van der Waals surface area (Å²) in [5.74, 6) is 0.933. The second kappa shape index (κ2) is 12.0. The molecule has 0 aromatic heterocycles. The molecular weight excluding hydrogens is 494 g/mol. The number of nitrogens with zero attached hydrogens (tertiary/aromatic N) is 1.